The van der Waals surface area contributed by atoms with Gasteiger partial charge >= 0.3 is 5.97 Å². The molecule has 1 rings (SSSR count). The van der Waals surface area contributed by atoms with Crippen LogP contribution in [0.5, 0.6) is 0 Å². The first-order chi connectivity index (χ1) is 7.70. The fraction of sp³-hybridized carbons (Fsp3) is 0.800. The van der Waals surface area contributed by atoms with Gasteiger partial charge in [-0.2, -0.15) is 0 Å². The van der Waals surface area contributed by atoms with Gasteiger partial charge in [0.15, 0.2) is 0 Å². The Morgan fingerprint density at radius 2 is 2.25 bits per heavy atom. The van der Waals surface area contributed by atoms with E-state index in [2.05, 4.69) is 10.6 Å². The van der Waals surface area contributed by atoms with Crippen LogP contribution in [-0.2, 0) is 14.3 Å². The van der Waals surface area contributed by atoms with Crippen molar-refractivity contribution < 1.29 is 19.4 Å². The fourth-order valence-corrected chi connectivity index (χ4v) is 1.60. The maximum Gasteiger partial charge on any atom is 0.329 e. The molecule has 0 spiro atoms. The quantitative estimate of drug-likeness (QED) is 0.528. The second-order valence-electron chi connectivity index (χ2n) is 3.74. The van der Waals surface area contributed by atoms with Crippen LogP contribution in [0.4, 0.5) is 0 Å². The highest BCUT2D eigenvalue weighted by atomic mass is 16.5. The number of nitrogens with one attached hydrogen (secondary N) is 2. The van der Waals surface area contributed by atoms with E-state index < -0.39 is 5.97 Å². The molecule has 0 aromatic heterocycles. The van der Waals surface area contributed by atoms with E-state index in [0.717, 1.165) is 25.8 Å². The molecule has 1 atom stereocenters. The van der Waals surface area contributed by atoms with Crippen molar-refractivity contribution >= 4 is 11.9 Å². The summed E-state index contributed by atoms with van der Waals surface area (Å²) in [5.41, 5.74) is 0. The number of aliphatic carboxylic acids is 1. The van der Waals surface area contributed by atoms with E-state index in [9.17, 15) is 9.59 Å². The minimum atomic E-state index is -1.000. The molecule has 1 saturated heterocycles. The zero-order chi connectivity index (χ0) is 11.8. The maximum atomic E-state index is 11.5. The van der Waals surface area contributed by atoms with Gasteiger partial charge in [-0.25, -0.2) is 4.79 Å². The Hall–Kier alpha value is -1.14. The number of piperidine rings is 1. The van der Waals surface area contributed by atoms with E-state index >= 15 is 0 Å². The molecule has 92 valence electrons. The van der Waals surface area contributed by atoms with E-state index in [4.69, 9.17) is 9.84 Å². The summed E-state index contributed by atoms with van der Waals surface area (Å²) in [5, 5.41) is 14.1. The van der Waals surface area contributed by atoms with Crippen molar-refractivity contribution in [2.24, 2.45) is 0 Å². The van der Waals surface area contributed by atoms with Gasteiger partial charge in [0, 0.05) is 6.54 Å². The summed E-state index contributed by atoms with van der Waals surface area (Å²) < 4.78 is 4.80. The van der Waals surface area contributed by atoms with Crippen LogP contribution in [0.1, 0.15) is 19.3 Å². The second-order valence-corrected chi connectivity index (χ2v) is 3.74. The second kappa shape index (κ2) is 7.19. The summed E-state index contributed by atoms with van der Waals surface area (Å²) in [6.45, 7) is 1.14. The normalized spacial score (nSPS) is 20.4. The molecular formula is C10H18N2O4. The predicted octanol–water partition coefficient (Wildman–Crippen LogP) is -0.654. The van der Waals surface area contributed by atoms with Crippen molar-refractivity contribution in [1.82, 2.24) is 10.6 Å². The average molecular weight is 230 g/mol. The Labute approximate surface area is 94.3 Å². The third kappa shape index (κ3) is 5.09. The van der Waals surface area contributed by atoms with Crippen molar-refractivity contribution in [3.8, 4) is 0 Å². The van der Waals surface area contributed by atoms with E-state index in [0.29, 0.717) is 6.54 Å². The van der Waals surface area contributed by atoms with Crippen molar-refractivity contribution in [1.29, 1.82) is 0 Å². The van der Waals surface area contributed by atoms with Gasteiger partial charge in [-0.1, -0.05) is 6.42 Å². The number of carboxylic acids is 1. The largest absolute Gasteiger partial charge is 0.480 e. The van der Waals surface area contributed by atoms with Crippen molar-refractivity contribution in [2.45, 2.75) is 25.3 Å². The summed E-state index contributed by atoms with van der Waals surface area (Å²) in [7, 11) is 0. The van der Waals surface area contributed by atoms with Crippen LogP contribution < -0.4 is 10.6 Å². The molecule has 0 aliphatic carbocycles. The van der Waals surface area contributed by atoms with Crippen LogP contribution in [-0.4, -0.2) is 49.3 Å². The molecule has 16 heavy (non-hydrogen) atoms. The highest BCUT2D eigenvalue weighted by Gasteiger charge is 2.19. The molecule has 1 heterocycles. The third-order valence-corrected chi connectivity index (χ3v) is 2.40. The van der Waals surface area contributed by atoms with Crippen LogP contribution in [0.2, 0.25) is 0 Å². The fourth-order valence-electron chi connectivity index (χ4n) is 1.60. The molecule has 6 nitrogen and oxygen atoms in total. The minimum Gasteiger partial charge on any atom is -0.480 e. The van der Waals surface area contributed by atoms with Crippen LogP contribution in [0.3, 0.4) is 0 Å². The molecule has 1 aliphatic heterocycles. The number of carboxylic acid groups (broad SMARTS) is 1. The number of amides is 1. The lowest BCUT2D eigenvalue weighted by molar-refractivity contribution is -0.142. The number of hydrogen-bond acceptors (Lipinski definition) is 4. The van der Waals surface area contributed by atoms with E-state index in [1.54, 1.807) is 0 Å². The van der Waals surface area contributed by atoms with Crippen LogP contribution in [0, 0.1) is 0 Å². The number of rotatable bonds is 6. The minimum absolute atomic E-state index is 0.0291. The number of hydrogen-bond donors (Lipinski definition) is 3. The maximum absolute atomic E-state index is 11.5. The molecule has 0 bridgehead atoms. The van der Waals surface area contributed by atoms with Gasteiger partial charge in [-0.05, 0) is 19.4 Å². The smallest absolute Gasteiger partial charge is 0.329 e. The Morgan fingerprint density at radius 3 is 2.88 bits per heavy atom. The highest BCUT2D eigenvalue weighted by Crippen LogP contribution is 2.06. The molecule has 1 amide bonds. The summed E-state index contributed by atoms with van der Waals surface area (Å²) >= 11 is 0. The molecule has 0 unspecified atom stereocenters. The van der Waals surface area contributed by atoms with Crippen LogP contribution in [0.25, 0.3) is 0 Å². The lowest BCUT2D eigenvalue weighted by Gasteiger charge is -2.22. The molecule has 6 heteroatoms. The number of carbonyl (C=O) groups is 2. The van der Waals surface area contributed by atoms with E-state index in [1.165, 1.54) is 0 Å². The zero-order valence-electron chi connectivity index (χ0n) is 9.20. The molecule has 1 fully saturated rings. The number of carbonyl (C=O) groups excluding carboxylic acids is 1. The van der Waals surface area contributed by atoms with Gasteiger partial charge in [0.05, 0.1) is 12.6 Å². The number of ether oxygens (including phenoxy) is 1. The SMILES string of the molecule is O=C(O)COCCNC(=O)[C@@H]1CCCCN1. The molecule has 3 N–H and O–H groups in total. The lowest BCUT2D eigenvalue weighted by atomic mass is 10.0. The van der Waals surface area contributed by atoms with Crippen molar-refractivity contribution in [3.05, 3.63) is 0 Å². The van der Waals surface area contributed by atoms with Crippen molar-refractivity contribution in [2.75, 3.05) is 26.3 Å². The van der Waals surface area contributed by atoms with Gasteiger partial charge in [0.25, 0.3) is 0 Å². The molecule has 0 radical (unpaired) electrons. The molecular weight excluding hydrogens is 212 g/mol. The van der Waals surface area contributed by atoms with Gasteiger partial charge < -0.3 is 20.5 Å². The first kappa shape index (κ1) is 12.9. The van der Waals surface area contributed by atoms with Gasteiger partial charge in [-0.3, -0.25) is 4.79 Å². The van der Waals surface area contributed by atoms with Crippen LogP contribution in [0.15, 0.2) is 0 Å². The standard InChI is InChI=1S/C10H18N2O4/c13-9(14)7-16-6-5-12-10(15)8-3-1-2-4-11-8/h8,11H,1-7H2,(H,12,15)(H,13,14)/t8-/m0/s1. The van der Waals surface area contributed by atoms with Crippen LogP contribution >= 0.6 is 0 Å². The zero-order valence-corrected chi connectivity index (χ0v) is 9.20. The van der Waals surface area contributed by atoms with Gasteiger partial charge in [-0.15, -0.1) is 0 Å². The molecule has 0 aromatic rings. The topological polar surface area (TPSA) is 87.7 Å². The Morgan fingerprint density at radius 1 is 1.44 bits per heavy atom. The first-order valence-corrected chi connectivity index (χ1v) is 5.51. The summed E-state index contributed by atoms with van der Waals surface area (Å²) in [6, 6.07) is -0.103. The molecule has 0 saturated carbocycles. The van der Waals surface area contributed by atoms with Gasteiger partial charge in [0.1, 0.15) is 6.61 Å². The summed E-state index contributed by atoms with van der Waals surface area (Å²) in [5.74, 6) is -1.03. The molecule has 0 aromatic carbocycles. The summed E-state index contributed by atoms with van der Waals surface area (Å²) in [4.78, 5) is 21.7. The first-order valence-electron chi connectivity index (χ1n) is 5.51. The molecule has 1 aliphatic rings. The van der Waals surface area contributed by atoms with Crippen molar-refractivity contribution in [3.63, 3.8) is 0 Å². The average Bonchev–Trinajstić information content (AvgIpc) is 2.29. The lowest BCUT2D eigenvalue weighted by Crippen LogP contribution is -2.47. The summed E-state index contributed by atoms with van der Waals surface area (Å²) in [6.07, 6.45) is 3.05. The Bertz CT molecular complexity index is 239. The van der Waals surface area contributed by atoms with Gasteiger partial charge in [0.2, 0.25) is 5.91 Å². The highest BCUT2D eigenvalue weighted by molar-refractivity contribution is 5.81. The Kier molecular flexibility index (Phi) is 5.81. The predicted molar refractivity (Wildman–Crippen MR) is 57.1 cm³/mol. The monoisotopic (exact) mass is 230 g/mol. The Balaban J connectivity index is 2.03. The van der Waals surface area contributed by atoms with E-state index in [1.807, 2.05) is 0 Å². The third-order valence-electron chi connectivity index (χ3n) is 2.40. The van der Waals surface area contributed by atoms with E-state index in [-0.39, 0.29) is 25.2 Å².